The van der Waals surface area contributed by atoms with E-state index in [0.29, 0.717) is 22.2 Å². The number of rotatable bonds is 2. The molecule has 0 atom stereocenters. The summed E-state index contributed by atoms with van der Waals surface area (Å²) in [5.41, 5.74) is 7.00. The number of hydrogen-bond acceptors (Lipinski definition) is 3. The van der Waals surface area contributed by atoms with E-state index in [-0.39, 0.29) is 12.1 Å². The first-order chi connectivity index (χ1) is 10.0. The van der Waals surface area contributed by atoms with Crippen molar-refractivity contribution in [1.82, 2.24) is 9.55 Å². The summed E-state index contributed by atoms with van der Waals surface area (Å²) in [5.74, 6) is -0.422. The molecule has 106 valence electrons. The Hall–Kier alpha value is -2.21. The Morgan fingerprint density at radius 3 is 2.81 bits per heavy atom. The Morgan fingerprint density at radius 2 is 2.05 bits per heavy atom. The molecular formula is C15H11BrFN3O. The van der Waals surface area contributed by atoms with Gasteiger partial charge in [0.1, 0.15) is 5.82 Å². The van der Waals surface area contributed by atoms with Crippen LogP contribution in [0.5, 0.6) is 0 Å². The fourth-order valence-corrected chi connectivity index (χ4v) is 2.57. The number of benzene rings is 2. The van der Waals surface area contributed by atoms with Crippen LogP contribution >= 0.6 is 15.9 Å². The molecule has 3 rings (SSSR count). The van der Waals surface area contributed by atoms with Gasteiger partial charge in [-0.05, 0) is 42.0 Å². The third kappa shape index (κ3) is 2.80. The van der Waals surface area contributed by atoms with Gasteiger partial charge in [-0.15, -0.1) is 0 Å². The molecule has 0 saturated heterocycles. The Bertz CT molecular complexity index is 871. The summed E-state index contributed by atoms with van der Waals surface area (Å²) >= 11 is 3.33. The van der Waals surface area contributed by atoms with Gasteiger partial charge in [-0.25, -0.2) is 9.37 Å². The van der Waals surface area contributed by atoms with Crippen molar-refractivity contribution in [3.63, 3.8) is 0 Å². The summed E-state index contributed by atoms with van der Waals surface area (Å²) in [4.78, 5) is 16.7. The number of nitrogen functional groups attached to an aromatic ring is 1. The monoisotopic (exact) mass is 347 g/mol. The van der Waals surface area contributed by atoms with Gasteiger partial charge in [-0.1, -0.05) is 15.9 Å². The van der Waals surface area contributed by atoms with E-state index in [2.05, 4.69) is 20.9 Å². The first-order valence-corrected chi connectivity index (χ1v) is 7.02. The van der Waals surface area contributed by atoms with Gasteiger partial charge in [0.15, 0.2) is 0 Å². The van der Waals surface area contributed by atoms with Gasteiger partial charge in [0.2, 0.25) is 0 Å². The summed E-state index contributed by atoms with van der Waals surface area (Å²) in [5, 5.41) is 0.510. The van der Waals surface area contributed by atoms with Gasteiger partial charge in [0.05, 0.1) is 23.8 Å². The second-order valence-corrected chi connectivity index (χ2v) is 5.65. The van der Waals surface area contributed by atoms with Crippen LogP contribution in [0.4, 0.5) is 10.1 Å². The average Bonchev–Trinajstić information content (AvgIpc) is 2.41. The molecule has 6 heteroatoms. The molecule has 0 amide bonds. The number of fused-ring (bicyclic) bond motifs is 1. The Kier molecular flexibility index (Phi) is 3.47. The fourth-order valence-electron chi connectivity index (χ4n) is 2.21. The van der Waals surface area contributed by atoms with Crippen molar-refractivity contribution in [3.8, 4) is 0 Å². The van der Waals surface area contributed by atoms with Gasteiger partial charge in [0.25, 0.3) is 5.56 Å². The summed E-state index contributed by atoms with van der Waals surface area (Å²) in [6, 6.07) is 9.55. The quantitative estimate of drug-likeness (QED) is 0.725. The van der Waals surface area contributed by atoms with Crippen LogP contribution in [0, 0.1) is 5.82 Å². The van der Waals surface area contributed by atoms with E-state index in [4.69, 9.17) is 5.73 Å². The highest BCUT2D eigenvalue weighted by atomic mass is 79.9. The van der Waals surface area contributed by atoms with E-state index in [1.807, 2.05) is 6.07 Å². The van der Waals surface area contributed by atoms with Crippen molar-refractivity contribution in [2.24, 2.45) is 0 Å². The van der Waals surface area contributed by atoms with Gasteiger partial charge in [-0.3, -0.25) is 9.36 Å². The van der Waals surface area contributed by atoms with Crippen LogP contribution in [0.3, 0.4) is 0 Å². The minimum absolute atomic E-state index is 0.177. The van der Waals surface area contributed by atoms with Gasteiger partial charge < -0.3 is 5.73 Å². The van der Waals surface area contributed by atoms with Crippen molar-refractivity contribution in [2.75, 3.05) is 5.73 Å². The topological polar surface area (TPSA) is 60.9 Å². The zero-order valence-corrected chi connectivity index (χ0v) is 12.5. The van der Waals surface area contributed by atoms with Crippen LogP contribution in [0.25, 0.3) is 10.9 Å². The van der Waals surface area contributed by atoms with Crippen molar-refractivity contribution in [1.29, 1.82) is 0 Å². The Morgan fingerprint density at radius 1 is 1.24 bits per heavy atom. The molecule has 2 aromatic carbocycles. The molecule has 3 aromatic rings. The predicted molar refractivity (Wildman–Crippen MR) is 83.6 cm³/mol. The molecule has 4 nitrogen and oxygen atoms in total. The number of hydrogen-bond donors (Lipinski definition) is 1. The highest BCUT2D eigenvalue weighted by molar-refractivity contribution is 9.10. The molecule has 0 fully saturated rings. The van der Waals surface area contributed by atoms with Crippen LogP contribution in [0.1, 0.15) is 5.56 Å². The number of nitrogens with two attached hydrogens (primary N) is 1. The molecule has 0 radical (unpaired) electrons. The molecule has 21 heavy (non-hydrogen) atoms. The van der Waals surface area contributed by atoms with Gasteiger partial charge >= 0.3 is 0 Å². The second kappa shape index (κ2) is 5.29. The third-order valence-electron chi connectivity index (χ3n) is 3.12. The molecule has 1 heterocycles. The normalized spacial score (nSPS) is 11.0. The second-order valence-electron chi connectivity index (χ2n) is 4.73. The minimum Gasteiger partial charge on any atom is -0.399 e. The van der Waals surface area contributed by atoms with Gasteiger partial charge in [-0.2, -0.15) is 0 Å². The van der Waals surface area contributed by atoms with E-state index in [1.165, 1.54) is 23.0 Å². The summed E-state index contributed by atoms with van der Waals surface area (Å²) in [6.45, 7) is 0.218. The van der Waals surface area contributed by atoms with E-state index >= 15 is 0 Å². The number of halogens is 2. The zero-order chi connectivity index (χ0) is 15.0. The van der Waals surface area contributed by atoms with Crippen LogP contribution in [-0.4, -0.2) is 9.55 Å². The standard InChI is InChI=1S/C15H11BrFN3O/c16-10-1-2-14-13(5-10)15(21)20(8-19-14)7-9-3-11(17)6-12(18)4-9/h1-6,8H,7,18H2. The highest BCUT2D eigenvalue weighted by Gasteiger charge is 2.06. The molecule has 1 aromatic heterocycles. The van der Waals surface area contributed by atoms with Crippen LogP contribution in [0.2, 0.25) is 0 Å². The van der Waals surface area contributed by atoms with Crippen LogP contribution < -0.4 is 11.3 Å². The number of anilines is 1. The highest BCUT2D eigenvalue weighted by Crippen LogP contribution is 2.16. The lowest BCUT2D eigenvalue weighted by Crippen LogP contribution is -2.21. The predicted octanol–water partition coefficient (Wildman–Crippen LogP) is 2.93. The Balaban J connectivity index is 2.08. The summed E-state index contributed by atoms with van der Waals surface area (Å²) < 4.78 is 15.6. The fraction of sp³-hybridized carbons (Fsp3) is 0.0667. The SMILES string of the molecule is Nc1cc(F)cc(Cn2cnc3ccc(Br)cc3c2=O)c1. The Labute approximate surface area is 128 Å². The molecule has 2 N–H and O–H groups in total. The molecule has 0 aliphatic heterocycles. The zero-order valence-electron chi connectivity index (χ0n) is 10.9. The molecular weight excluding hydrogens is 337 g/mol. The molecule has 0 bridgehead atoms. The van der Waals surface area contributed by atoms with Crippen molar-refractivity contribution < 1.29 is 4.39 Å². The first kappa shape index (κ1) is 13.8. The lowest BCUT2D eigenvalue weighted by Gasteiger charge is -2.08. The van der Waals surface area contributed by atoms with E-state index in [0.717, 1.165) is 4.47 Å². The first-order valence-electron chi connectivity index (χ1n) is 6.22. The minimum atomic E-state index is -0.422. The van der Waals surface area contributed by atoms with Crippen molar-refractivity contribution in [3.05, 3.63) is 68.9 Å². The molecule has 0 saturated carbocycles. The lowest BCUT2D eigenvalue weighted by molar-refractivity contribution is 0.623. The van der Waals surface area contributed by atoms with E-state index in [1.54, 1.807) is 18.2 Å². The van der Waals surface area contributed by atoms with Crippen molar-refractivity contribution >= 4 is 32.5 Å². The average molecular weight is 348 g/mol. The number of nitrogens with zero attached hydrogens (tertiary/aromatic N) is 2. The van der Waals surface area contributed by atoms with E-state index < -0.39 is 5.82 Å². The van der Waals surface area contributed by atoms with Crippen LogP contribution in [0.15, 0.2) is 52.0 Å². The number of aromatic nitrogens is 2. The maximum Gasteiger partial charge on any atom is 0.261 e. The largest absolute Gasteiger partial charge is 0.399 e. The third-order valence-corrected chi connectivity index (χ3v) is 3.61. The molecule has 0 spiro atoms. The smallest absolute Gasteiger partial charge is 0.261 e. The van der Waals surface area contributed by atoms with Crippen LogP contribution in [-0.2, 0) is 6.54 Å². The van der Waals surface area contributed by atoms with E-state index in [9.17, 15) is 9.18 Å². The molecule has 0 aliphatic rings. The molecule has 0 unspecified atom stereocenters. The van der Waals surface area contributed by atoms with Crippen molar-refractivity contribution in [2.45, 2.75) is 6.54 Å². The summed E-state index contributed by atoms with van der Waals surface area (Å²) in [6.07, 6.45) is 1.46. The van der Waals surface area contributed by atoms with Gasteiger partial charge in [0, 0.05) is 10.2 Å². The summed E-state index contributed by atoms with van der Waals surface area (Å²) in [7, 11) is 0. The molecule has 0 aliphatic carbocycles. The lowest BCUT2D eigenvalue weighted by atomic mass is 10.2. The maximum absolute atomic E-state index is 13.3. The maximum atomic E-state index is 13.3.